The van der Waals surface area contributed by atoms with Crippen LogP contribution in [0.3, 0.4) is 0 Å². The van der Waals surface area contributed by atoms with Gasteiger partial charge in [0.2, 0.25) is 0 Å². The Morgan fingerprint density at radius 2 is 2.19 bits per heavy atom. The Balaban J connectivity index is 1.49. The molecule has 1 unspecified atom stereocenters. The van der Waals surface area contributed by atoms with Gasteiger partial charge < -0.3 is 19.9 Å². The summed E-state index contributed by atoms with van der Waals surface area (Å²) < 4.78 is 8.98. The number of aryl methyl sites for hydroxylation is 1. The van der Waals surface area contributed by atoms with Gasteiger partial charge in [0.25, 0.3) is 0 Å². The molecular formula is C25H28BrClN4O. The average Bonchev–Trinajstić information content (AvgIpc) is 3.43. The maximum Gasteiger partial charge on any atom is 0.132 e. The summed E-state index contributed by atoms with van der Waals surface area (Å²) >= 11 is 9.65. The van der Waals surface area contributed by atoms with Crippen LogP contribution in [0.1, 0.15) is 28.8 Å². The zero-order valence-electron chi connectivity index (χ0n) is 18.2. The van der Waals surface area contributed by atoms with Crippen LogP contribution in [0.5, 0.6) is 5.75 Å². The van der Waals surface area contributed by atoms with Crippen molar-refractivity contribution in [2.45, 2.75) is 19.6 Å². The first-order valence-electron chi connectivity index (χ1n) is 10.8. The molecule has 1 aliphatic heterocycles. The van der Waals surface area contributed by atoms with Crippen molar-refractivity contribution in [2.24, 2.45) is 13.0 Å². The second-order valence-electron chi connectivity index (χ2n) is 8.22. The van der Waals surface area contributed by atoms with E-state index in [1.165, 1.54) is 12.0 Å². The smallest absolute Gasteiger partial charge is 0.132 e. The number of benzene rings is 2. The van der Waals surface area contributed by atoms with Crippen LogP contribution in [-0.4, -0.2) is 29.2 Å². The molecule has 1 saturated heterocycles. The Hall–Kier alpha value is -2.12. The summed E-state index contributed by atoms with van der Waals surface area (Å²) in [6, 6.07) is 12.2. The lowest BCUT2D eigenvalue weighted by Crippen LogP contribution is -2.24. The first-order chi connectivity index (χ1) is 15.5. The lowest BCUT2D eigenvalue weighted by atomic mass is 10.1. The van der Waals surface area contributed by atoms with E-state index in [1.807, 2.05) is 36.0 Å². The number of halogens is 2. The summed E-state index contributed by atoms with van der Waals surface area (Å²) in [7, 11) is 1.96. The fraction of sp³-hybridized carbons (Fsp3) is 0.320. The van der Waals surface area contributed by atoms with Crippen molar-refractivity contribution in [1.29, 1.82) is 0 Å². The first-order valence-corrected chi connectivity index (χ1v) is 12.0. The summed E-state index contributed by atoms with van der Waals surface area (Å²) in [5.41, 5.74) is 4.27. The van der Waals surface area contributed by atoms with E-state index in [9.17, 15) is 0 Å². The second kappa shape index (κ2) is 11.1. The molecule has 2 heterocycles. The molecule has 2 N–H and O–H groups in total. The minimum absolute atomic E-state index is 0.442. The second-order valence-corrected chi connectivity index (χ2v) is 9.51. The van der Waals surface area contributed by atoms with E-state index in [2.05, 4.69) is 61.9 Å². The summed E-state index contributed by atoms with van der Waals surface area (Å²) in [6.45, 7) is 4.50. The van der Waals surface area contributed by atoms with Crippen molar-refractivity contribution in [3.05, 3.63) is 80.8 Å². The Morgan fingerprint density at radius 1 is 1.28 bits per heavy atom. The fourth-order valence-electron chi connectivity index (χ4n) is 3.80. The number of imidazole rings is 1. The number of hydrogen-bond donors (Lipinski definition) is 2. The lowest BCUT2D eigenvalue weighted by molar-refractivity contribution is 0.301. The van der Waals surface area contributed by atoms with E-state index in [4.69, 9.17) is 16.3 Å². The van der Waals surface area contributed by atoms with Gasteiger partial charge in [-0.2, -0.15) is 0 Å². The van der Waals surface area contributed by atoms with Crippen LogP contribution in [0.2, 0.25) is 5.02 Å². The van der Waals surface area contributed by atoms with Crippen molar-refractivity contribution >= 4 is 39.7 Å². The van der Waals surface area contributed by atoms with E-state index in [-0.39, 0.29) is 0 Å². The third-order valence-corrected chi connectivity index (χ3v) is 6.40. The number of ether oxygens (including phenoxy) is 1. The molecule has 0 spiro atoms. The molecule has 0 aliphatic carbocycles. The van der Waals surface area contributed by atoms with Crippen LogP contribution in [0, 0.1) is 5.92 Å². The van der Waals surface area contributed by atoms with Crippen LogP contribution < -0.4 is 15.4 Å². The van der Waals surface area contributed by atoms with Crippen molar-refractivity contribution in [3.8, 4) is 5.75 Å². The third-order valence-electron chi connectivity index (χ3n) is 5.48. The predicted molar refractivity (Wildman–Crippen MR) is 135 cm³/mol. The van der Waals surface area contributed by atoms with Gasteiger partial charge in [-0.25, -0.2) is 4.98 Å². The van der Waals surface area contributed by atoms with E-state index in [0.29, 0.717) is 17.5 Å². The monoisotopic (exact) mass is 514 g/mol. The number of nitrogens with one attached hydrogen (secondary N) is 2. The zero-order valence-corrected chi connectivity index (χ0v) is 20.5. The highest BCUT2D eigenvalue weighted by molar-refractivity contribution is 9.10. The van der Waals surface area contributed by atoms with Crippen LogP contribution in [-0.2, 0) is 20.2 Å². The van der Waals surface area contributed by atoms with Gasteiger partial charge in [-0.05, 0) is 72.9 Å². The average molecular weight is 516 g/mol. The molecule has 3 aromatic rings. The van der Waals surface area contributed by atoms with Gasteiger partial charge in [0.15, 0.2) is 0 Å². The van der Waals surface area contributed by atoms with Crippen molar-refractivity contribution in [3.63, 3.8) is 0 Å². The Kier molecular flexibility index (Phi) is 8.03. The molecule has 1 atom stereocenters. The number of rotatable bonds is 9. The van der Waals surface area contributed by atoms with Gasteiger partial charge in [-0.1, -0.05) is 51.8 Å². The van der Waals surface area contributed by atoms with E-state index in [1.54, 1.807) is 6.33 Å². The Bertz CT molecular complexity index is 1080. The first kappa shape index (κ1) is 23.1. The minimum Gasteiger partial charge on any atom is -0.487 e. The van der Waals surface area contributed by atoms with E-state index >= 15 is 0 Å². The third kappa shape index (κ3) is 6.69. The molecule has 0 bridgehead atoms. The van der Waals surface area contributed by atoms with E-state index < -0.39 is 0 Å². The Morgan fingerprint density at radius 3 is 2.94 bits per heavy atom. The van der Waals surface area contributed by atoms with Crippen LogP contribution >= 0.6 is 27.5 Å². The standard InChI is InChI=1S/C25H28BrClN4O/c1-31-15-23(30-17-31)16-32-24-9-18(2-3-21-4-5-22(27)11-25(21)26)8-20(10-24)14-29-13-19-6-7-28-12-19/h2-5,8-11,15,17,19,28-29H,6-7,12-14,16H2,1H3/b3-2+. The molecule has 1 fully saturated rings. The van der Waals surface area contributed by atoms with Crippen molar-refractivity contribution in [1.82, 2.24) is 20.2 Å². The number of hydrogen-bond acceptors (Lipinski definition) is 4. The van der Waals surface area contributed by atoms with Crippen LogP contribution in [0.4, 0.5) is 0 Å². The van der Waals surface area contributed by atoms with Gasteiger partial charge in [-0.3, -0.25) is 0 Å². The van der Waals surface area contributed by atoms with Crippen molar-refractivity contribution < 1.29 is 4.74 Å². The van der Waals surface area contributed by atoms with Gasteiger partial charge in [0.05, 0.1) is 12.0 Å². The molecule has 0 saturated carbocycles. The van der Waals surface area contributed by atoms with Gasteiger partial charge in [-0.15, -0.1) is 0 Å². The number of nitrogens with zero attached hydrogens (tertiary/aromatic N) is 2. The maximum atomic E-state index is 6.08. The van der Waals surface area contributed by atoms with Crippen molar-refractivity contribution in [2.75, 3.05) is 19.6 Å². The molecule has 32 heavy (non-hydrogen) atoms. The molecule has 0 radical (unpaired) electrons. The molecule has 2 aromatic carbocycles. The summed E-state index contributed by atoms with van der Waals surface area (Å²) in [6.07, 6.45) is 9.19. The molecule has 1 aromatic heterocycles. The molecule has 1 aliphatic rings. The largest absolute Gasteiger partial charge is 0.487 e. The summed E-state index contributed by atoms with van der Waals surface area (Å²) in [4.78, 5) is 4.35. The minimum atomic E-state index is 0.442. The predicted octanol–water partition coefficient (Wildman–Crippen LogP) is 5.28. The van der Waals surface area contributed by atoms with Crippen LogP contribution in [0.15, 0.2) is 53.4 Å². The lowest BCUT2D eigenvalue weighted by Gasteiger charge is -2.12. The molecule has 5 nitrogen and oxygen atoms in total. The topological polar surface area (TPSA) is 51.1 Å². The number of aromatic nitrogens is 2. The van der Waals surface area contributed by atoms with Gasteiger partial charge >= 0.3 is 0 Å². The normalized spacial score (nSPS) is 16.2. The highest BCUT2D eigenvalue weighted by Crippen LogP contribution is 2.25. The highest BCUT2D eigenvalue weighted by atomic mass is 79.9. The molecule has 7 heteroatoms. The van der Waals surface area contributed by atoms with Crippen LogP contribution in [0.25, 0.3) is 12.2 Å². The zero-order chi connectivity index (χ0) is 22.3. The molecule has 168 valence electrons. The molecule has 4 rings (SSSR count). The maximum absolute atomic E-state index is 6.08. The Labute approximate surface area is 203 Å². The SMILES string of the molecule is Cn1cnc(COc2cc(/C=C/c3ccc(Cl)cc3Br)cc(CNCC3CCNC3)c2)c1. The van der Waals surface area contributed by atoms with Gasteiger partial charge in [0.1, 0.15) is 12.4 Å². The van der Waals surface area contributed by atoms with Gasteiger partial charge in [0, 0.05) is 29.3 Å². The quantitative estimate of drug-likeness (QED) is 0.381. The fourth-order valence-corrected chi connectivity index (χ4v) is 4.61. The summed E-state index contributed by atoms with van der Waals surface area (Å²) in [5.74, 6) is 1.55. The van der Waals surface area contributed by atoms with E-state index in [0.717, 1.165) is 53.2 Å². The summed E-state index contributed by atoms with van der Waals surface area (Å²) in [5, 5.41) is 7.74. The highest BCUT2D eigenvalue weighted by Gasteiger charge is 2.13. The molecule has 0 amide bonds. The molecular weight excluding hydrogens is 488 g/mol.